The summed E-state index contributed by atoms with van der Waals surface area (Å²) in [6, 6.07) is 6.91. The lowest BCUT2D eigenvalue weighted by Crippen LogP contribution is -2.46. The molecule has 6 heteroatoms. The molecule has 26 heavy (non-hydrogen) atoms. The SMILES string of the molecule is O=C([C@H]1CC=CCC1)N1CCC(n2c(=O)[nH]c3ccccc3c2=O)CC1. The lowest BCUT2D eigenvalue weighted by Gasteiger charge is -2.35. The van der Waals surface area contributed by atoms with Crippen LogP contribution in [0.5, 0.6) is 0 Å². The van der Waals surface area contributed by atoms with Crippen molar-refractivity contribution in [2.75, 3.05) is 13.1 Å². The number of rotatable bonds is 2. The van der Waals surface area contributed by atoms with Gasteiger partial charge in [-0.15, -0.1) is 0 Å². The van der Waals surface area contributed by atoms with Crippen molar-refractivity contribution < 1.29 is 4.79 Å². The van der Waals surface area contributed by atoms with Crippen molar-refractivity contribution in [3.8, 4) is 0 Å². The summed E-state index contributed by atoms with van der Waals surface area (Å²) >= 11 is 0. The molecule has 6 nitrogen and oxygen atoms in total. The molecule has 136 valence electrons. The zero-order chi connectivity index (χ0) is 18.1. The maximum absolute atomic E-state index is 12.8. The van der Waals surface area contributed by atoms with Gasteiger partial charge in [0.1, 0.15) is 0 Å². The number of carbonyl (C=O) groups excluding carboxylic acids is 1. The highest BCUT2D eigenvalue weighted by molar-refractivity contribution is 5.79. The number of nitrogens with one attached hydrogen (secondary N) is 1. The molecule has 1 fully saturated rings. The molecule has 0 saturated carbocycles. The van der Waals surface area contributed by atoms with E-state index in [0.29, 0.717) is 36.8 Å². The zero-order valence-corrected chi connectivity index (χ0v) is 14.7. The van der Waals surface area contributed by atoms with Crippen LogP contribution < -0.4 is 11.2 Å². The highest BCUT2D eigenvalue weighted by Gasteiger charge is 2.29. The van der Waals surface area contributed by atoms with E-state index in [9.17, 15) is 14.4 Å². The number of carbonyl (C=O) groups is 1. The predicted octanol–water partition coefficient (Wildman–Crippen LogP) is 2.21. The third kappa shape index (κ3) is 3.00. The minimum absolute atomic E-state index is 0.0864. The number of benzene rings is 1. The number of aromatic amines is 1. The monoisotopic (exact) mass is 353 g/mol. The average Bonchev–Trinajstić information content (AvgIpc) is 2.69. The molecule has 2 heterocycles. The number of piperidine rings is 1. The van der Waals surface area contributed by atoms with E-state index >= 15 is 0 Å². The summed E-state index contributed by atoms with van der Waals surface area (Å²) in [5, 5.41) is 0.527. The van der Waals surface area contributed by atoms with Crippen LogP contribution in [-0.2, 0) is 4.79 Å². The van der Waals surface area contributed by atoms with Gasteiger partial charge in [-0.1, -0.05) is 24.3 Å². The smallest absolute Gasteiger partial charge is 0.329 e. The molecule has 2 aliphatic rings. The summed E-state index contributed by atoms with van der Waals surface area (Å²) in [7, 11) is 0. The summed E-state index contributed by atoms with van der Waals surface area (Å²) in [4.78, 5) is 42.6. The number of para-hydroxylation sites is 1. The van der Waals surface area contributed by atoms with Gasteiger partial charge in [-0.2, -0.15) is 0 Å². The Balaban J connectivity index is 1.52. The Kier molecular flexibility index (Phi) is 4.49. The van der Waals surface area contributed by atoms with Crippen molar-refractivity contribution in [3.63, 3.8) is 0 Å². The molecule has 1 aromatic heterocycles. The molecule has 0 unspecified atom stereocenters. The van der Waals surface area contributed by atoms with Gasteiger partial charge in [0.2, 0.25) is 5.91 Å². The molecule has 1 aliphatic heterocycles. The van der Waals surface area contributed by atoms with E-state index in [0.717, 1.165) is 19.3 Å². The van der Waals surface area contributed by atoms with E-state index in [-0.39, 0.29) is 29.1 Å². The van der Waals surface area contributed by atoms with Crippen LogP contribution in [0, 0.1) is 5.92 Å². The van der Waals surface area contributed by atoms with Gasteiger partial charge < -0.3 is 9.88 Å². The first-order chi connectivity index (χ1) is 12.6. The number of hydrogen-bond donors (Lipinski definition) is 1. The molecule has 2 aromatic rings. The van der Waals surface area contributed by atoms with Gasteiger partial charge in [-0.25, -0.2) is 4.79 Å². The van der Waals surface area contributed by atoms with Crippen molar-refractivity contribution in [2.45, 2.75) is 38.1 Å². The lowest BCUT2D eigenvalue weighted by molar-refractivity contribution is -0.137. The maximum atomic E-state index is 12.8. The van der Waals surface area contributed by atoms with Gasteiger partial charge in [0.15, 0.2) is 0 Å². The highest BCUT2D eigenvalue weighted by Crippen LogP contribution is 2.25. The van der Waals surface area contributed by atoms with E-state index in [1.165, 1.54) is 4.57 Å². The predicted molar refractivity (Wildman–Crippen MR) is 100 cm³/mol. The average molecular weight is 353 g/mol. The minimum atomic E-state index is -0.365. The first-order valence-electron chi connectivity index (χ1n) is 9.32. The van der Waals surface area contributed by atoms with Gasteiger partial charge in [0.05, 0.1) is 10.9 Å². The highest BCUT2D eigenvalue weighted by atomic mass is 16.2. The Hall–Kier alpha value is -2.63. The first kappa shape index (κ1) is 16.8. The van der Waals surface area contributed by atoms with E-state index < -0.39 is 0 Å². The standard InChI is InChI=1S/C20H23N3O3/c24-18(14-6-2-1-3-7-14)22-12-10-15(11-13-22)23-19(25)16-8-4-5-9-17(16)21-20(23)26/h1-2,4-5,8-9,14-15H,3,6-7,10-13H2,(H,21,26)/t14-/m0/s1. The van der Waals surface area contributed by atoms with Gasteiger partial charge in [-0.05, 0) is 44.2 Å². The number of likely N-dealkylation sites (tertiary alicyclic amines) is 1. The van der Waals surface area contributed by atoms with E-state index in [2.05, 4.69) is 17.1 Å². The summed E-state index contributed by atoms with van der Waals surface area (Å²) in [5.74, 6) is 0.302. The molecule has 0 bridgehead atoms. The van der Waals surface area contributed by atoms with Gasteiger partial charge in [-0.3, -0.25) is 14.2 Å². The Labute approximate surface area is 151 Å². The molecule has 0 radical (unpaired) electrons. The van der Waals surface area contributed by atoms with Crippen molar-refractivity contribution in [1.82, 2.24) is 14.5 Å². The fraction of sp³-hybridized carbons (Fsp3) is 0.450. The van der Waals surface area contributed by atoms with Crippen LogP contribution in [0.3, 0.4) is 0 Å². The first-order valence-corrected chi connectivity index (χ1v) is 9.32. The number of nitrogens with zero attached hydrogens (tertiary/aromatic N) is 2. The van der Waals surface area contributed by atoms with Crippen molar-refractivity contribution in [2.24, 2.45) is 5.92 Å². The lowest BCUT2D eigenvalue weighted by atomic mass is 9.92. The second-order valence-electron chi connectivity index (χ2n) is 7.19. The van der Waals surface area contributed by atoms with E-state index in [1.54, 1.807) is 24.3 Å². The van der Waals surface area contributed by atoms with Crippen LogP contribution in [0.25, 0.3) is 10.9 Å². The van der Waals surface area contributed by atoms with Gasteiger partial charge >= 0.3 is 5.69 Å². The normalized spacial score (nSPS) is 21.2. The van der Waals surface area contributed by atoms with Crippen LogP contribution in [0.2, 0.25) is 0 Å². The third-order valence-electron chi connectivity index (χ3n) is 5.60. The van der Waals surface area contributed by atoms with Crippen LogP contribution in [0.15, 0.2) is 46.0 Å². The van der Waals surface area contributed by atoms with Crippen LogP contribution >= 0.6 is 0 Å². The molecule has 4 rings (SSSR count). The Morgan fingerprint density at radius 2 is 1.81 bits per heavy atom. The summed E-state index contributed by atoms with van der Waals surface area (Å²) in [5.41, 5.74) is -0.0424. The molecule has 1 amide bonds. The summed E-state index contributed by atoms with van der Waals surface area (Å²) < 4.78 is 1.34. The number of H-pyrrole nitrogens is 1. The minimum Gasteiger partial charge on any atom is -0.342 e. The number of hydrogen-bond acceptors (Lipinski definition) is 3. The molecular weight excluding hydrogens is 330 g/mol. The maximum Gasteiger partial charge on any atom is 0.329 e. The Bertz CT molecular complexity index is 964. The molecule has 1 aliphatic carbocycles. The van der Waals surface area contributed by atoms with Gasteiger partial charge in [0, 0.05) is 25.0 Å². The van der Waals surface area contributed by atoms with Crippen molar-refractivity contribution >= 4 is 16.8 Å². The van der Waals surface area contributed by atoms with Crippen LogP contribution in [0.1, 0.15) is 38.1 Å². The molecule has 0 spiro atoms. The molecule has 1 N–H and O–H groups in total. The number of aromatic nitrogens is 2. The molecule has 1 atom stereocenters. The summed E-state index contributed by atoms with van der Waals surface area (Å²) in [6.45, 7) is 1.20. The number of fused-ring (bicyclic) bond motifs is 1. The number of allylic oxidation sites excluding steroid dienone is 2. The Morgan fingerprint density at radius 3 is 2.54 bits per heavy atom. The van der Waals surface area contributed by atoms with Crippen molar-refractivity contribution in [1.29, 1.82) is 0 Å². The molecule has 1 saturated heterocycles. The third-order valence-corrected chi connectivity index (χ3v) is 5.60. The van der Waals surface area contributed by atoms with Gasteiger partial charge in [0.25, 0.3) is 5.56 Å². The van der Waals surface area contributed by atoms with E-state index in [1.807, 2.05) is 4.90 Å². The second-order valence-corrected chi connectivity index (χ2v) is 7.19. The quantitative estimate of drug-likeness (QED) is 0.841. The second kappa shape index (κ2) is 6.94. The van der Waals surface area contributed by atoms with Crippen molar-refractivity contribution in [3.05, 3.63) is 57.3 Å². The largest absolute Gasteiger partial charge is 0.342 e. The fourth-order valence-electron chi connectivity index (χ4n) is 4.13. The molecule has 1 aromatic carbocycles. The van der Waals surface area contributed by atoms with Crippen LogP contribution in [0.4, 0.5) is 0 Å². The summed E-state index contributed by atoms with van der Waals surface area (Å²) in [6.07, 6.45) is 8.20. The Morgan fingerprint density at radius 1 is 1.04 bits per heavy atom. The fourth-order valence-corrected chi connectivity index (χ4v) is 4.13. The zero-order valence-electron chi connectivity index (χ0n) is 14.7. The van der Waals surface area contributed by atoms with Crippen LogP contribution in [-0.4, -0.2) is 33.4 Å². The van der Waals surface area contributed by atoms with E-state index in [4.69, 9.17) is 0 Å². The number of amides is 1. The molecular formula is C20H23N3O3. The topological polar surface area (TPSA) is 75.2 Å².